The summed E-state index contributed by atoms with van der Waals surface area (Å²) in [7, 11) is 0. The van der Waals surface area contributed by atoms with Gasteiger partial charge in [0.1, 0.15) is 0 Å². The van der Waals surface area contributed by atoms with E-state index in [9.17, 15) is 0 Å². The zero-order chi connectivity index (χ0) is 12.1. The van der Waals surface area contributed by atoms with Crippen molar-refractivity contribution < 1.29 is 5.11 Å². The Hall–Kier alpha value is -0.900. The first-order chi connectivity index (χ1) is 8.33. The van der Waals surface area contributed by atoms with Gasteiger partial charge in [-0.25, -0.2) is 0 Å². The van der Waals surface area contributed by atoms with Gasteiger partial charge in [-0.1, -0.05) is 30.3 Å². The summed E-state index contributed by atoms with van der Waals surface area (Å²) in [6.07, 6.45) is 1.11. The smallest absolute Gasteiger partial charge is 0.0471 e. The number of nitrogens with zero attached hydrogens (tertiary/aromatic N) is 1. The van der Waals surface area contributed by atoms with Crippen molar-refractivity contribution in [3.8, 4) is 0 Å². The maximum atomic E-state index is 9.14. The van der Waals surface area contributed by atoms with E-state index in [1.54, 1.807) is 0 Å². The van der Waals surface area contributed by atoms with Crippen molar-refractivity contribution in [2.45, 2.75) is 12.3 Å². The maximum absolute atomic E-state index is 9.14. The van der Waals surface area contributed by atoms with Crippen molar-refractivity contribution in [2.24, 2.45) is 11.7 Å². The molecule has 1 aliphatic heterocycles. The van der Waals surface area contributed by atoms with Gasteiger partial charge in [0.05, 0.1) is 0 Å². The minimum Gasteiger partial charge on any atom is -0.396 e. The Kier molecular flexibility index (Phi) is 4.54. The van der Waals surface area contributed by atoms with Crippen LogP contribution in [0.3, 0.4) is 0 Å². The van der Waals surface area contributed by atoms with Crippen LogP contribution in [-0.2, 0) is 0 Å². The van der Waals surface area contributed by atoms with Gasteiger partial charge in [0.25, 0.3) is 0 Å². The number of rotatable bonds is 5. The number of aliphatic hydroxyl groups excluding tert-OH is 1. The molecular weight excluding hydrogens is 212 g/mol. The highest BCUT2D eigenvalue weighted by atomic mass is 16.3. The molecule has 0 bridgehead atoms. The highest BCUT2D eigenvalue weighted by Gasteiger charge is 2.24. The molecule has 1 aromatic rings. The summed E-state index contributed by atoms with van der Waals surface area (Å²) in [5.74, 6) is 0.873. The second-order valence-electron chi connectivity index (χ2n) is 4.94. The summed E-state index contributed by atoms with van der Waals surface area (Å²) in [4.78, 5) is 2.42. The van der Waals surface area contributed by atoms with E-state index >= 15 is 0 Å². The van der Waals surface area contributed by atoms with Gasteiger partial charge in [0.15, 0.2) is 0 Å². The van der Waals surface area contributed by atoms with Gasteiger partial charge in [-0.15, -0.1) is 0 Å². The highest BCUT2D eigenvalue weighted by molar-refractivity contribution is 5.20. The number of likely N-dealkylation sites (tertiary alicyclic amines) is 1. The van der Waals surface area contributed by atoms with E-state index < -0.39 is 0 Å². The Balaban J connectivity index is 1.92. The van der Waals surface area contributed by atoms with E-state index in [-0.39, 0.29) is 0 Å². The van der Waals surface area contributed by atoms with Crippen LogP contribution in [0.2, 0.25) is 0 Å². The summed E-state index contributed by atoms with van der Waals surface area (Å²) >= 11 is 0. The van der Waals surface area contributed by atoms with Crippen LogP contribution in [0.15, 0.2) is 30.3 Å². The standard InChI is InChI=1S/C14H22N2O/c15-8-14(13-4-2-1-3-5-13)10-16-7-6-12(9-16)11-17/h1-5,12,14,17H,6-11,15H2. The van der Waals surface area contributed by atoms with Crippen LogP contribution in [0, 0.1) is 5.92 Å². The Bertz CT molecular complexity index is 328. The second-order valence-corrected chi connectivity index (χ2v) is 4.94. The summed E-state index contributed by atoms with van der Waals surface area (Å²) in [5, 5.41) is 9.14. The largest absolute Gasteiger partial charge is 0.396 e. The Labute approximate surface area is 103 Å². The molecule has 0 saturated carbocycles. The van der Waals surface area contributed by atoms with Gasteiger partial charge < -0.3 is 15.7 Å². The molecule has 3 N–H and O–H groups in total. The molecule has 94 valence electrons. The zero-order valence-electron chi connectivity index (χ0n) is 10.3. The minimum absolute atomic E-state index is 0.315. The van der Waals surface area contributed by atoms with Crippen molar-refractivity contribution in [1.82, 2.24) is 4.90 Å². The van der Waals surface area contributed by atoms with Crippen molar-refractivity contribution in [1.29, 1.82) is 0 Å². The summed E-state index contributed by atoms with van der Waals surface area (Å²) < 4.78 is 0. The zero-order valence-corrected chi connectivity index (χ0v) is 10.3. The lowest BCUT2D eigenvalue weighted by Gasteiger charge is -2.23. The number of hydrogen-bond acceptors (Lipinski definition) is 3. The van der Waals surface area contributed by atoms with Crippen LogP contribution in [0.5, 0.6) is 0 Å². The molecule has 0 aliphatic carbocycles. The quantitative estimate of drug-likeness (QED) is 0.800. The van der Waals surface area contributed by atoms with Gasteiger partial charge in [0.2, 0.25) is 0 Å². The van der Waals surface area contributed by atoms with E-state index in [2.05, 4.69) is 29.2 Å². The summed E-state index contributed by atoms with van der Waals surface area (Å²) in [5.41, 5.74) is 7.20. The predicted molar refractivity (Wildman–Crippen MR) is 69.9 cm³/mol. The topological polar surface area (TPSA) is 49.5 Å². The van der Waals surface area contributed by atoms with Gasteiger partial charge in [-0.2, -0.15) is 0 Å². The van der Waals surface area contributed by atoms with E-state index in [1.165, 1.54) is 5.56 Å². The van der Waals surface area contributed by atoms with Crippen LogP contribution in [0.1, 0.15) is 17.9 Å². The first-order valence-electron chi connectivity index (χ1n) is 6.41. The maximum Gasteiger partial charge on any atom is 0.0471 e. The SMILES string of the molecule is NCC(CN1CCC(CO)C1)c1ccccc1. The van der Waals surface area contributed by atoms with Gasteiger partial charge in [0, 0.05) is 32.2 Å². The normalized spacial score (nSPS) is 22.8. The lowest BCUT2D eigenvalue weighted by atomic mass is 9.99. The van der Waals surface area contributed by atoms with Gasteiger partial charge in [-0.3, -0.25) is 0 Å². The Morgan fingerprint density at radius 2 is 2.12 bits per heavy atom. The predicted octanol–water partition coefficient (Wildman–Crippen LogP) is 1.04. The van der Waals surface area contributed by atoms with Crippen LogP contribution in [0.25, 0.3) is 0 Å². The molecule has 1 heterocycles. The lowest BCUT2D eigenvalue weighted by molar-refractivity contribution is 0.219. The Morgan fingerprint density at radius 3 is 2.71 bits per heavy atom. The van der Waals surface area contributed by atoms with Crippen molar-refractivity contribution in [3.05, 3.63) is 35.9 Å². The van der Waals surface area contributed by atoms with E-state index in [0.717, 1.165) is 26.1 Å². The minimum atomic E-state index is 0.315. The molecular formula is C14H22N2O. The van der Waals surface area contributed by atoms with E-state index in [0.29, 0.717) is 25.0 Å². The molecule has 3 heteroatoms. The number of aliphatic hydroxyl groups is 1. The molecule has 1 aliphatic rings. The van der Waals surface area contributed by atoms with Crippen LogP contribution in [0.4, 0.5) is 0 Å². The number of benzene rings is 1. The monoisotopic (exact) mass is 234 g/mol. The second kappa shape index (κ2) is 6.15. The summed E-state index contributed by atoms with van der Waals surface area (Å²) in [6.45, 7) is 4.12. The number of hydrogen-bond donors (Lipinski definition) is 2. The van der Waals surface area contributed by atoms with Crippen LogP contribution in [-0.4, -0.2) is 42.8 Å². The number of nitrogens with two attached hydrogens (primary N) is 1. The fourth-order valence-electron chi connectivity index (χ4n) is 2.58. The van der Waals surface area contributed by atoms with E-state index in [4.69, 9.17) is 10.8 Å². The van der Waals surface area contributed by atoms with Gasteiger partial charge in [-0.05, 0) is 24.4 Å². The Morgan fingerprint density at radius 1 is 1.35 bits per heavy atom. The first kappa shape index (κ1) is 12.6. The average molecular weight is 234 g/mol. The molecule has 2 rings (SSSR count). The molecule has 2 unspecified atom stereocenters. The molecule has 1 aromatic carbocycles. The molecule has 17 heavy (non-hydrogen) atoms. The highest BCUT2D eigenvalue weighted by Crippen LogP contribution is 2.21. The molecule has 2 atom stereocenters. The van der Waals surface area contributed by atoms with E-state index in [1.807, 2.05) is 6.07 Å². The fraction of sp³-hybridized carbons (Fsp3) is 0.571. The third kappa shape index (κ3) is 3.28. The molecule has 0 radical (unpaired) electrons. The first-order valence-corrected chi connectivity index (χ1v) is 6.41. The average Bonchev–Trinajstić information content (AvgIpc) is 2.84. The molecule has 3 nitrogen and oxygen atoms in total. The molecule has 0 amide bonds. The third-order valence-electron chi connectivity index (χ3n) is 3.66. The molecule has 0 aromatic heterocycles. The molecule has 1 saturated heterocycles. The lowest BCUT2D eigenvalue weighted by Crippen LogP contribution is -2.30. The van der Waals surface area contributed by atoms with Crippen LogP contribution < -0.4 is 5.73 Å². The van der Waals surface area contributed by atoms with Gasteiger partial charge >= 0.3 is 0 Å². The van der Waals surface area contributed by atoms with Crippen molar-refractivity contribution in [3.63, 3.8) is 0 Å². The molecule has 1 fully saturated rings. The fourth-order valence-corrected chi connectivity index (χ4v) is 2.58. The molecule has 0 spiro atoms. The van der Waals surface area contributed by atoms with Crippen LogP contribution >= 0.6 is 0 Å². The van der Waals surface area contributed by atoms with Crippen molar-refractivity contribution >= 4 is 0 Å². The van der Waals surface area contributed by atoms with Crippen molar-refractivity contribution in [2.75, 3.05) is 32.8 Å². The third-order valence-corrected chi connectivity index (χ3v) is 3.66. The summed E-state index contributed by atoms with van der Waals surface area (Å²) in [6, 6.07) is 10.5.